The van der Waals surface area contributed by atoms with Gasteiger partial charge in [0.2, 0.25) is 0 Å². The number of aromatic nitrogens is 1. The van der Waals surface area contributed by atoms with Gasteiger partial charge in [-0.2, -0.15) is 0 Å². The minimum atomic E-state index is -0.943. The molecule has 4 rings (SSSR count). The third kappa shape index (κ3) is 4.09. The average molecular weight is 362 g/mol. The summed E-state index contributed by atoms with van der Waals surface area (Å²) in [6.07, 6.45) is 5.98. The number of nitrogens with zero attached hydrogens (tertiary/aromatic N) is 2. The summed E-state index contributed by atoms with van der Waals surface area (Å²) < 4.78 is 5.96. The molecule has 0 aliphatic carbocycles. The van der Waals surface area contributed by atoms with Crippen molar-refractivity contribution in [1.29, 1.82) is 0 Å². The van der Waals surface area contributed by atoms with E-state index in [0.717, 1.165) is 31.8 Å². The lowest BCUT2D eigenvalue weighted by molar-refractivity contribution is 0.0697. The van der Waals surface area contributed by atoms with Crippen LogP contribution in [0.4, 0.5) is 0 Å². The van der Waals surface area contributed by atoms with E-state index in [1.54, 1.807) is 24.4 Å². The fourth-order valence-electron chi connectivity index (χ4n) is 3.79. The van der Waals surface area contributed by atoms with Crippen LogP contribution in [0.5, 0.6) is 0 Å². The SMILES string of the molecule is O=C(O)c1ccccc1-c1ccc(CN2CC[C@@H](Cc3cccnc3)C2)o1. The van der Waals surface area contributed by atoms with Gasteiger partial charge in [0.25, 0.3) is 0 Å². The van der Waals surface area contributed by atoms with Gasteiger partial charge in [0.1, 0.15) is 11.5 Å². The van der Waals surface area contributed by atoms with E-state index in [9.17, 15) is 9.90 Å². The van der Waals surface area contributed by atoms with Crippen LogP contribution < -0.4 is 0 Å². The van der Waals surface area contributed by atoms with Gasteiger partial charge in [-0.25, -0.2) is 4.79 Å². The molecule has 0 amide bonds. The Morgan fingerprint density at radius 1 is 1.19 bits per heavy atom. The van der Waals surface area contributed by atoms with Crippen LogP contribution in [0, 0.1) is 5.92 Å². The lowest BCUT2D eigenvalue weighted by Crippen LogP contribution is -2.20. The number of aromatic carboxylic acids is 1. The molecule has 2 aromatic heterocycles. The Bertz CT molecular complexity index is 920. The second-order valence-electron chi connectivity index (χ2n) is 7.07. The van der Waals surface area contributed by atoms with Crippen LogP contribution in [0.25, 0.3) is 11.3 Å². The molecule has 0 saturated carbocycles. The maximum absolute atomic E-state index is 11.4. The molecule has 0 bridgehead atoms. The van der Waals surface area contributed by atoms with Crippen molar-refractivity contribution in [2.24, 2.45) is 5.92 Å². The largest absolute Gasteiger partial charge is 0.478 e. The molecular formula is C22H22N2O3. The molecule has 3 aromatic rings. The molecule has 0 unspecified atom stereocenters. The van der Waals surface area contributed by atoms with Crippen LogP contribution >= 0.6 is 0 Å². The first kappa shape index (κ1) is 17.5. The Morgan fingerprint density at radius 2 is 2.07 bits per heavy atom. The Hall–Kier alpha value is -2.92. The predicted octanol–water partition coefficient (Wildman–Crippen LogP) is 4.10. The molecule has 138 valence electrons. The van der Waals surface area contributed by atoms with Crippen LogP contribution in [-0.4, -0.2) is 34.0 Å². The highest BCUT2D eigenvalue weighted by atomic mass is 16.4. The van der Waals surface area contributed by atoms with Crippen molar-refractivity contribution >= 4 is 5.97 Å². The molecule has 5 nitrogen and oxygen atoms in total. The second-order valence-corrected chi connectivity index (χ2v) is 7.07. The molecule has 0 radical (unpaired) electrons. The van der Waals surface area contributed by atoms with E-state index in [-0.39, 0.29) is 5.56 Å². The van der Waals surface area contributed by atoms with Gasteiger partial charge in [-0.3, -0.25) is 9.88 Å². The summed E-state index contributed by atoms with van der Waals surface area (Å²) in [7, 11) is 0. The fraction of sp³-hybridized carbons (Fsp3) is 0.273. The van der Waals surface area contributed by atoms with Crippen LogP contribution in [-0.2, 0) is 13.0 Å². The van der Waals surface area contributed by atoms with E-state index in [4.69, 9.17) is 4.42 Å². The Balaban J connectivity index is 1.40. The number of carboxylic acid groups (broad SMARTS) is 1. The summed E-state index contributed by atoms with van der Waals surface area (Å²) in [6.45, 7) is 2.84. The molecule has 3 heterocycles. The highest BCUT2D eigenvalue weighted by Gasteiger charge is 2.24. The molecule has 1 aromatic carbocycles. The van der Waals surface area contributed by atoms with Crippen molar-refractivity contribution in [3.8, 4) is 11.3 Å². The van der Waals surface area contributed by atoms with Crippen molar-refractivity contribution in [3.63, 3.8) is 0 Å². The maximum atomic E-state index is 11.4. The second kappa shape index (κ2) is 7.76. The van der Waals surface area contributed by atoms with Crippen molar-refractivity contribution < 1.29 is 14.3 Å². The monoisotopic (exact) mass is 362 g/mol. The van der Waals surface area contributed by atoms with Gasteiger partial charge in [0, 0.05) is 24.5 Å². The van der Waals surface area contributed by atoms with Crippen LogP contribution in [0.3, 0.4) is 0 Å². The van der Waals surface area contributed by atoms with Crippen LogP contribution in [0.2, 0.25) is 0 Å². The number of carboxylic acids is 1. The first-order chi connectivity index (χ1) is 13.2. The molecule has 1 aliphatic heterocycles. The number of rotatable bonds is 6. The number of hydrogen-bond donors (Lipinski definition) is 1. The zero-order chi connectivity index (χ0) is 18.6. The zero-order valence-corrected chi connectivity index (χ0v) is 15.0. The summed E-state index contributed by atoms with van der Waals surface area (Å²) in [5.74, 6) is 1.17. The van der Waals surface area contributed by atoms with Gasteiger partial charge in [-0.1, -0.05) is 24.3 Å². The van der Waals surface area contributed by atoms with E-state index in [2.05, 4.69) is 16.0 Å². The molecule has 27 heavy (non-hydrogen) atoms. The zero-order valence-electron chi connectivity index (χ0n) is 15.0. The number of pyridine rings is 1. The van der Waals surface area contributed by atoms with Gasteiger partial charge >= 0.3 is 5.97 Å². The first-order valence-electron chi connectivity index (χ1n) is 9.21. The number of carbonyl (C=O) groups is 1. The highest BCUT2D eigenvalue weighted by molar-refractivity contribution is 5.95. The number of benzene rings is 1. The fourth-order valence-corrected chi connectivity index (χ4v) is 3.79. The van der Waals surface area contributed by atoms with E-state index in [1.165, 1.54) is 12.0 Å². The quantitative estimate of drug-likeness (QED) is 0.715. The van der Waals surface area contributed by atoms with E-state index < -0.39 is 5.97 Å². The number of hydrogen-bond acceptors (Lipinski definition) is 4. The molecular weight excluding hydrogens is 340 g/mol. The molecule has 0 spiro atoms. The summed E-state index contributed by atoms with van der Waals surface area (Å²) in [5.41, 5.74) is 2.16. The topological polar surface area (TPSA) is 66.6 Å². The molecule has 1 atom stereocenters. The Kier molecular flexibility index (Phi) is 5.03. The Labute approximate surface area is 158 Å². The van der Waals surface area contributed by atoms with E-state index >= 15 is 0 Å². The molecule has 1 fully saturated rings. The molecule has 5 heteroatoms. The van der Waals surface area contributed by atoms with Gasteiger partial charge in [0.05, 0.1) is 12.1 Å². The van der Waals surface area contributed by atoms with Crippen LogP contribution in [0.15, 0.2) is 65.3 Å². The standard InChI is InChI=1S/C22H22N2O3/c25-22(26)20-6-2-1-5-19(20)21-8-7-18(27-21)15-24-11-9-17(14-24)12-16-4-3-10-23-13-16/h1-8,10,13,17H,9,11-12,14-15H2,(H,25,26)/t17-/m0/s1. The minimum absolute atomic E-state index is 0.260. The number of likely N-dealkylation sites (tertiary alicyclic amines) is 1. The number of furan rings is 1. The average Bonchev–Trinajstić information content (AvgIpc) is 3.32. The Morgan fingerprint density at radius 3 is 2.89 bits per heavy atom. The lowest BCUT2D eigenvalue weighted by atomic mass is 10.0. The molecule has 1 N–H and O–H groups in total. The predicted molar refractivity (Wildman–Crippen MR) is 102 cm³/mol. The minimum Gasteiger partial charge on any atom is -0.478 e. The third-order valence-corrected chi connectivity index (χ3v) is 5.08. The summed E-state index contributed by atoms with van der Waals surface area (Å²) >= 11 is 0. The van der Waals surface area contributed by atoms with Crippen molar-refractivity contribution in [2.45, 2.75) is 19.4 Å². The molecule has 1 aliphatic rings. The summed E-state index contributed by atoms with van der Waals surface area (Å²) in [5, 5.41) is 9.36. The normalized spacial score (nSPS) is 17.3. The third-order valence-electron chi connectivity index (χ3n) is 5.08. The van der Waals surface area contributed by atoms with Gasteiger partial charge in [-0.05, 0) is 55.1 Å². The van der Waals surface area contributed by atoms with Gasteiger partial charge in [-0.15, -0.1) is 0 Å². The highest BCUT2D eigenvalue weighted by Crippen LogP contribution is 2.28. The summed E-state index contributed by atoms with van der Waals surface area (Å²) in [4.78, 5) is 18.0. The van der Waals surface area contributed by atoms with Crippen molar-refractivity contribution in [1.82, 2.24) is 9.88 Å². The van der Waals surface area contributed by atoms with Crippen molar-refractivity contribution in [2.75, 3.05) is 13.1 Å². The van der Waals surface area contributed by atoms with Gasteiger partial charge < -0.3 is 9.52 Å². The summed E-state index contributed by atoms with van der Waals surface area (Å²) in [6, 6.07) is 14.9. The van der Waals surface area contributed by atoms with E-state index in [0.29, 0.717) is 17.2 Å². The van der Waals surface area contributed by atoms with E-state index in [1.807, 2.05) is 30.5 Å². The van der Waals surface area contributed by atoms with Crippen LogP contribution in [0.1, 0.15) is 28.1 Å². The van der Waals surface area contributed by atoms with Gasteiger partial charge in [0.15, 0.2) is 0 Å². The maximum Gasteiger partial charge on any atom is 0.336 e. The first-order valence-corrected chi connectivity index (χ1v) is 9.21. The smallest absolute Gasteiger partial charge is 0.336 e. The van der Waals surface area contributed by atoms with Crippen molar-refractivity contribution in [3.05, 3.63) is 77.8 Å². The molecule has 1 saturated heterocycles. The lowest BCUT2D eigenvalue weighted by Gasteiger charge is -2.14.